The van der Waals surface area contributed by atoms with E-state index in [2.05, 4.69) is 17.1 Å². The Hall–Kier alpha value is -0.150. The molecule has 1 aliphatic rings. The molecule has 1 saturated heterocycles. The highest BCUT2D eigenvalue weighted by atomic mass is 19.1. The number of halogens is 1. The van der Waals surface area contributed by atoms with Crippen molar-refractivity contribution in [3.05, 3.63) is 0 Å². The zero-order valence-electron chi connectivity index (χ0n) is 9.43. The van der Waals surface area contributed by atoms with Crippen LogP contribution < -0.4 is 5.32 Å². The van der Waals surface area contributed by atoms with Gasteiger partial charge in [0, 0.05) is 19.1 Å². The van der Waals surface area contributed by atoms with Gasteiger partial charge in [0.2, 0.25) is 0 Å². The SMILES string of the molecule is CNC(C)C1CCCN(CCCF)C1. The molecule has 3 heteroatoms. The molecular formula is C11H23FN2. The molecule has 1 heterocycles. The summed E-state index contributed by atoms with van der Waals surface area (Å²) in [6.07, 6.45) is 3.28. The molecule has 0 bridgehead atoms. The van der Waals surface area contributed by atoms with Gasteiger partial charge in [-0.2, -0.15) is 0 Å². The number of alkyl halides is 1. The summed E-state index contributed by atoms with van der Waals surface area (Å²) < 4.78 is 12.0. The molecule has 0 amide bonds. The molecule has 14 heavy (non-hydrogen) atoms. The minimum atomic E-state index is -0.178. The van der Waals surface area contributed by atoms with E-state index in [0.717, 1.165) is 25.6 Å². The van der Waals surface area contributed by atoms with Gasteiger partial charge >= 0.3 is 0 Å². The number of hydrogen-bond donors (Lipinski definition) is 1. The van der Waals surface area contributed by atoms with Gasteiger partial charge < -0.3 is 10.2 Å². The molecule has 1 aliphatic heterocycles. The Kier molecular flexibility index (Phi) is 5.41. The molecule has 0 aromatic heterocycles. The second-order valence-corrected chi connectivity index (χ2v) is 4.32. The fourth-order valence-corrected chi connectivity index (χ4v) is 2.22. The average molecular weight is 202 g/mol. The van der Waals surface area contributed by atoms with Crippen molar-refractivity contribution in [1.29, 1.82) is 0 Å². The van der Waals surface area contributed by atoms with E-state index in [1.165, 1.54) is 12.8 Å². The Balaban J connectivity index is 2.28. The number of nitrogens with zero attached hydrogens (tertiary/aromatic N) is 1. The maximum Gasteiger partial charge on any atom is 0.0906 e. The van der Waals surface area contributed by atoms with Gasteiger partial charge in [-0.1, -0.05) is 0 Å². The third-order valence-corrected chi connectivity index (χ3v) is 3.31. The fourth-order valence-electron chi connectivity index (χ4n) is 2.22. The predicted octanol–water partition coefficient (Wildman–Crippen LogP) is 1.67. The van der Waals surface area contributed by atoms with Crippen molar-refractivity contribution in [2.45, 2.75) is 32.2 Å². The van der Waals surface area contributed by atoms with Crippen LogP contribution in [0.5, 0.6) is 0 Å². The van der Waals surface area contributed by atoms with Crippen molar-refractivity contribution >= 4 is 0 Å². The lowest BCUT2D eigenvalue weighted by Gasteiger charge is -2.35. The third-order valence-electron chi connectivity index (χ3n) is 3.31. The van der Waals surface area contributed by atoms with E-state index in [9.17, 15) is 4.39 Å². The van der Waals surface area contributed by atoms with Crippen molar-refractivity contribution in [3.63, 3.8) is 0 Å². The van der Waals surface area contributed by atoms with Crippen LogP contribution in [-0.4, -0.2) is 44.3 Å². The Morgan fingerprint density at radius 3 is 3.00 bits per heavy atom. The standard InChI is InChI=1S/C11H23FN2/c1-10(13-2)11-5-3-7-14(9-11)8-4-6-12/h10-11,13H,3-9H2,1-2H3. The molecule has 1 rings (SSSR count). The first-order valence-electron chi connectivity index (χ1n) is 5.73. The number of nitrogens with one attached hydrogen (secondary N) is 1. The van der Waals surface area contributed by atoms with E-state index < -0.39 is 0 Å². The summed E-state index contributed by atoms with van der Waals surface area (Å²) >= 11 is 0. The summed E-state index contributed by atoms with van der Waals surface area (Å²) in [5.41, 5.74) is 0. The van der Waals surface area contributed by atoms with Crippen molar-refractivity contribution in [2.24, 2.45) is 5.92 Å². The molecule has 0 saturated carbocycles. The molecule has 1 fully saturated rings. The summed E-state index contributed by atoms with van der Waals surface area (Å²) in [5, 5.41) is 3.31. The van der Waals surface area contributed by atoms with Gasteiger partial charge in [0.05, 0.1) is 6.67 Å². The van der Waals surface area contributed by atoms with E-state index >= 15 is 0 Å². The molecule has 2 nitrogen and oxygen atoms in total. The van der Waals surface area contributed by atoms with E-state index in [4.69, 9.17) is 0 Å². The number of likely N-dealkylation sites (tertiary alicyclic amines) is 1. The summed E-state index contributed by atoms with van der Waals surface area (Å²) in [7, 11) is 2.02. The maximum atomic E-state index is 12.0. The van der Waals surface area contributed by atoms with E-state index in [1.54, 1.807) is 0 Å². The van der Waals surface area contributed by atoms with Crippen LogP contribution in [-0.2, 0) is 0 Å². The van der Waals surface area contributed by atoms with Gasteiger partial charge in [0.1, 0.15) is 0 Å². The van der Waals surface area contributed by atoms with Crippen LogP contribution in [0.1, 0.15) is 26.2 Å². The van der Waals surface area contributed by atoms with Gasteiger partial charge in [0.25, 0.3) is 0 Å². The highest BCUT2D eigenvalue weighted by Gasteiger charge is 2.23. The lowest BCUT2D eigenvalue weighted by atomic mass is 9.91. The first kappa shape index (κ1) is 11.9. The van der Waals surface area contributed by atoms with Gasteiger partial charge in [-0.15, -0.1) is 0 Å². The van der Waals surface area contributed by atoms with Crippen LogP contribution >= 0.6 is 0 Å². The van der Waals surface area contributed by atoms with Gasteiger partial charge in [-0.25, -0.2) is 0 Å². The molecule has 0 spiro atoms. The molecule has 0 aromatic rings. The third kappa shape index (κ3) is 3.54. The minimum Gasteiger partial charge on any atom is -0.317 e. The highest BCUT2D eigenvalue weighted by molar-refractivity contribution is 4.79. The predicted molar refractivity (Wildman–Crippen MR) is 58.3 cm³/mol. The fraction of sp³-hybridized carbons (Fsp3) is 1.00. The Morgan fingerprint density at radius 2 is 2.36 bits per heavy atom. The lowest BCUT2D eigenvalue weighted by molar-refractivity contribution is 0.149. The summed E-state index contributed by atoms with van der Waals surface area (Å²) in [6.45, 7) is 5.30. The molecule has 84 valence electrons. The van der Waals surface area contributed by atoms with Gasteiger partial charge in [-0.3, -0.25) is 4.39 Å². The summed E-state index contributed by atoms with van der Waals surface area (Å²) in [4.78, 5) is 2.40. The number of piperidine rings is 1. The molecular weight excluding hydrogens is 179 g/mol. The van der Waals surface area contributed by atoms with Crippen molar-refractivity contribution in [1.82, 2.24) is 10.2 Å². The molecule has 0 aliphatic carbocycles. The molecule has 2 unspecified atom stereocenters. The molecule has 0 aromatic carbocycles. The van der Waals surface area contributed by atoms with Crippen LogP contribution in [0.4, 0.5) is 4.39 Å². The number of rotatable bonds is 5. The lowest BCUT2D eigenvalue weighted by Crippen LogP contribution is -2.43. The smallest absolute Gasteiger partial charge is 0.0906 e. The average Bonchev–Trinajstić information content (AvgIpc) is 2.25. The topological polar surface area (TPSA) is 15.3 Å². The van der Waals surface area contributed by atoms with E-state index in [1.807, 2.05) is 7.05 Å². The van der Waals surface area contributed by atoms with Crippen molar-refractivity contribution in [2.75, 3.05) is 33.4 Å². The first-order chi connectivity index (χ1) is 6.77. The normalized spacial score (nSPS) is 26.4. The van der Waals surface area contributed by atoms with Gasteiger partial charge in [-0.05, 0) is 45.7 Å². The van der Waals surface area contributed by atoms with Crippen LogP contribution in [0.2, 0.25) is 0 Å². The molecule has 1 N–H and O–H groups in total. The quantitative estimate of drug-likeness (QED) is 0.729. The van der Waals surface area contributed by atoms with E-state index in [0.29, 0.717) is 12.5 Å². The number of hydrogen-bond acceptors (Lipinski definition) is 2. The molecule has 0 radical (unpaired) electrons. The minimum absolute atomic E-state index is 0.178. The second-order valence-electron chi connectivity index (χ2n) is 4.32. The Bertz CT molecular complexity index is 152. The monoisotopic (exact) mass is 202 g/mol. The van der Waals surface area contributed by atoms with E-state index in [-0.39, 0.29) is 6.67 Å². The van der Waals surface area contributed by atoms with Crippen LogP contribution in [0, 0.1) is 5.92 Å². The highest BCUT2D eigenvalue weighted by Crippen LogP contribution is 2.19. The van der Waals surface area contributed by atoms with Crippen LogP contribution in [0.25, 0.3) is 0 Å². The Labute approximate surface area is 86.9 Å². The first-order valence-corrected chi connectivity index (χ1v) is 5.73. The second kappa shape index (κ2) is 6.36. The van der Waals surface area contributed by atoms with Crippen LogP contribution in [0.15, 0.2) is 0 Å². The largest absolute Gasteiger partial charge is 0.317 e. The molecule has 2 atom stereocenters. The van der Waals surface area contributed by atoms with Crippen molar-refractivity contribution in [3.8, 4) is 0 Å². The zero-order chi connectivity index (χ0) is 10.4. The Morgan fingerprint density at radius 1 is 1.57 bits per heavy atom. The van der Waals surface area contributed by atoms with Gasteiger partial charge in [0.15, 0.2) is 0 Å². The summed E-state index contributed by atoms with van der Waals surface area (Å²) in [5.74, 6) is 0.744. The summed E-state index contributed by atoms with van der Waals surface area (Å²) in [6, 6.07) is 0.586. The maximum absolute atomic E-state index is 12.0. The van der Waals surface area contributed by atoms with Crippen molar-refractivity contribution < 1.29 is 4.39 Å². The zero-order valence-corrected chi connectivity index (χ0v) is 9.43. The van der Waals surface area contributed by atoms with Crippen LogP contribution in [0.3, 0.4) is 0 Å².